The van der Waals surface area contributed by atoms with E-state index in [1.807, 2.05) is 0 Å². The van der Waals surface area contributed by atoms with Gasteiger partial charge in [-0.25, -0.2) is 0 Å². The van der Waals surface area contributed by atoms with Gasteiger partial charge in [0.05, 0.1) is 25.4 Å². The second-order valence-electron chi connectivity index (χ2n) is 3.36. The van der Waals surface area contributed by atoms with Crippen LogP contribution < -0.4 is 0 Å². The number of hydrogen-bond donors (Lipinski definition) is 1. The first-order valence-electron chi connectivity index (χ1n) is 4.61. The minimum Gasteiger partial charge on any atom is -0.467 e. The maximum Gasteiger partial charge on any atom is 0.143 e. The van der Waals surface area contributed by atoms with Crippen LogP contribution in [0.4, 0.5) is 0 Å². The van der Waals surface area contributed by atoms with Gasteiger partial charge >= 0.3 is 0 Å². The van der Waals surface area contributed by atoms with E-state index in [2.05, 4.69) is 0 Å². The normalized spacial score (nSPS) is 24.9. The third-order valence-corrected chi connectivity index (χ3v) is 2.42. The Hall–Kier alpha value is -1.13. The van der Waals surface area contributed by atoms with Crippen molar-refractivity contribution in [1.82, 2.24) is 0 Å². The number of rotatable bonds is 2. The first-order chi connectivity index (χ1) is 6.79. The molecule has 0 bridgehead atoms. The molecule has 1 aliphatic rings. The molecule has 0 spiro atoms. The van der Waals surface area contributed by atoms with Crippen molar-refractivity contribution >= 4 is 5.78 Å². The highest BCUT2D eigenvalue weighted by Crippen LogP contribution is 2.26. The summed E-state index contributed by atoms with van der Waals surface area (Å²) in [5, 5.41) is 9.81. The van der Waals surface area contributed by atoms with Gasteiger partial charge < -0.3 is 14.3 Å². The third kappa shape index (κ3) is 1.71. The summed E-state index contributed by atoms with van der Waals surface area (Å²) in [6.07, 6.45) is 0.979. The quantitative estimate of drug-likeness (QED) is 0.764. The summed E-state index contributed by atoms with van der Waals surface area (Å²) in [7, 11) is 0. The molecule has 1 saturated heterocycles. The van der Waals surface area contributed by atoms with Crippen LogP contribution in [0.1, 0.15) is 18.3 Å². The predicted molar refractivity (Wildman–Crippen MR) is 47.6 cm³/mol. The van der Waals surface area contributed by atoms with Crippen molar-refractivity contribution in [3.05, 3.63) is 24.2 Å². The van der Waals surface area contributed by atoms with Gasteiger partial charge in [-0.2, -0.15) is 0 Å². The molecule has 2 rings (SSSR count). The summed E-state index contributed by atoms with van der Waals surface area (Å²) in [6.45, 7) is 0.737. The Morgan fingerprint density at radius 2 is 2.43 bits per heavy atom. The van der Waals surface area contributed by atoms with Gasteiger partial charge in [0.25, 0.3) is 0 Å². The van der Waals surface area contributed by atoms with Crippen LogP contribution in [-0.2, 0) is 9.53 Å². The zero-order valence-electron chi connectivity index (χ0n) is 7.68. The first kappa shape index (κ1) is 9.43. The molecule has 2 heterocycles. The van der Waals surface area contributed by atoms with Gasteiger partial charge in [-0.05, 0) is 12.1 Å². The molecule has 4 nitrogen and oxygen atoms in total. The zero-order chi connectivity index (χ0) is 9.97. The topological polar surface area (TPSA) is 59.7 Å². The molecule has 0 aromatic carbocycles. The van der Waals surface area contributed by atoms with Gasteiger partial charge in [0.2, 0.25) is 0 Å². The second-order valence-corrected chi connectivity index (χ2v) is 3.36. The summed E-state index contributed by atoms with van der Waals surface area (Å²) in [4.78, 5) is 11.4. The molecular weight excluding hydrogens is 184 g/mol. The molecule has 0 radical (unpaired) electrons. The monoisotopic (exact) mass is 196 g/mol. The molecule has 1 fully saturated rings. The number of carbonyl (C=O) groups is 1. The molecule has 4 heteroatoms. The summed E-state index contributed by atoms with van der Waals surface area (Å²) in [6, 6.07) is 3.35. The van der Waals surface area contributed by atoms with E-state index in [0.29, 0.717) is 18.8 Å². The van der Waals surface area contributed by atoms with Crippen LogP contribution >= 0.6 is 0 Å². The Kier molecular flexibility index (Phi) is 2.65. The fraction of sp³-hybridized carbons (Fsp3) is 0.500. The van der Waals surface area contributed by atoms with E-state index >= 15 is 0 Å². The third-order valence-electron chi connectivity index (χ3n) is 2.42. The number of ketones is 1. The number of aliphatic hydroxyl groups excluding tert-OH is 1. The Morgan fingerprint density at radius 1 is 1.57 bits per heavy atom. The van der Waals surface area contributed by atoms with Crippen LogP contribution in [0.15, 0.2) is 22.8 Å². The summed E-state index contributed by atoms with van der Waals surface area (Å²) in [5.41, 5.74) is 0. The van der Waals surface area contributed by atoms with Gasteiger partial charge in [0.1, 0.15) is 17.6 Å². The largest absolute Gasteiger partial charge is 0.467 e. The molecule has 0 unspecified atom stereocenters. The van der Waals surface area contributed by atoms with Crippen molar-refractivity contribution < 1.29 is 19.1 Å². The summed E-state index contributed by atoms with van der Waals surface area (Å²) < 4.78 is 10.2. The molecule has 1 N–H and O–H groups in total. The van der Waals surface area contributed by atoms with Crippen molar-refractivity contribution in [2.75, 3.05) is 13.2 Å². The fourth-order valence-corrected chi connectivity index (χ4v) is 1.59. The van der Waals surface area contributed by atoms with E-state index in [0.717, 1.165) is 0 Å². The summed E-state index contributed by atoms with van der Waals surface area (Å²) in [5.74, 6) is -0.0103. The lowest BCUT2D eigenvalue weighted by atomic mass is 9.93. The fourth-order valence-electron chi connectivity index (χ4n) is 1.59. The van der Waals surface area contributed by atoms with Crippen LogP contribution in [0.2, 0.25) is 0 Å². The SMILES string of the molecule is O=C1CCOC[C@@H]1[C@H](O)c1ccco1. The molecule has 1 aromatic rings. The number of ether oxygens (including phenoxy) is 1. The summed E-state index contributed by atoms with van der Waals surface area (Å²) >= 11 is 0. The van der Waals surface area contributed by atoms with Crippen molar-refractivity contribution in [2.45, 2.75) is 12.5 Å². The van der Waals surface area contributed by atoms with Crippen LogP contribution in [0.25, 0.3) is 0 Å². The Labute approximate surface area is 81.5 Å². The van der Waals surface area contributed by atoms with Crippen molar-refractivity contribution in [3.8, 4) is 0 Å². The minimum absolute atomic E-state index is 0.0418. The molecule has 14 heavy (non-hydrogen) atoms. The van der Waals surface area contributed by atoms with Gasteiger partial charge in [-0.15, -0.1) is 0 Å². The van der Waals surface area contributed by atoms with E-state index in [-0.39, 0.29) is 12.4 Å². The maximum atomic E-state index is 11.4. The van der Waals surface area contributed by atoms with E-state index in [1.165, 1.54) is 6.26 Å². The van der Waals surface area contributed by atoms with E-state index in [1.54, 1.807) is 12.1 Å². The molecule has 0 amide bonds. The number of carbonyl (C=O) groups excluding carboxylic acids is 1. The standard InChI is InChI=1S/C10H12O4/c11-8-3-5-13-6-7(8)10(12)9-2-1-4-14-9/h1-2,4,7,10,12H,3,5-6H2/t7-,10-/m0/s1. The lowest BCUT2D eigenvalue weighted by molar-refractivity contribution is -0.136. The molecule has 1 aromatic heterocycles. The number of Topliss-reactive ketones (excluding diaryl/α,β-unsaturated/α-hetero) is 1. The van der Waals surface area contributed by atoms with Gasteiger partial charge in [0, 0.05) is 6.42 Å². The van der Waals surface area contributed by atoms with Gasteiger partial charge in [0.15, 0.2) is 0 Å². The van der Waals surface area contributed by atoms with E-state index < -0.39 is 12.0 Å². The zero-order valence-corrected chi connectivity index (χ0v) is 7.68. The smallest absolute Gasteiger partial charge is 0.143 e. The van der Waals surface area contributed by atoms with Crippen molar-refractivity contribution in [1.29, 1.82) is 0 Å². The highest BCUT2D eigenvalue weighted by atomic mass is 16.5. The van der Waals surface area contributed by atoms with Crippen molar-refractivity contribution in [2.24, 2.45) is 5.92 Å². The van der Waals surface area contributed by atoms with Crippen LogP contribution in [0, 0.1) is 5.92 Å². The molecule has 2 atom stereocenters. The Morgan fingerprint density at radius 3 is 3.07 bits per heavy atom. The van der Waals surface area contributed by atoms with E-state index in [9.17, 15) is 9.90 Å². The minimum atomic E-state index is -0.877. The Balaban J connectivity index is 2.10. The number of aliphatic hydroxyl groups is 1. The molecule has 0 aliphatic carbocycles. The average molecular weight is 196 g/mol. The average Bonchev–Trinajstić information content (AvgIpc) is 2.70. The lowest BCUT2D eigenvalue weighted by Gasteiger charge is -2.24. The highest BCUT2D eigenvalue weighted by molar-refractivity contribution is 5.82. The van der Waals surface area contributed by atoms with Gasteiger partial charge in [-0.1, -0.05) is 0 Å². The molecule has 1 aliphatic heterocycles. The maximum absolute atomic E-state index is 11.4. The first-order valence-corrected chi connectivity index (χ1v) is 4.61. The van der Waals surface area contributed by atoms with Crippen LogP contribution in [-0.4, -0.2) is 24.1 Å². The van der Waals surface area contributed by atoms with E-state index in [4.69, 9.17) is 9.15 Å². The van der Waals surface area contributed by atoms with Crippen molar-refractivity contribution in [3.63, 3.8) is 0 Å². The van der Waals surface area contributed by atoms with Crippen LogP contribution in [0.3, 0.4) is 0 Å². The van der Waals surface area contributed by atoms with Crippen LogP contribution in [0.5, 0.6) is 0 Å². The highest BCUT2D eigenvalue weighted by Gasteiger charge is 2.32. The lowest BCUT2D eigenvalue weighted by Crippen LogP contribution is -2.32. The molecule has 0 saturated carbocycles. The molecular formula is C10H12O4. The number of furan rings is 1. The number of hydrogen-bond acceptors (Lipinski definition) is 4. The second kappa shape index (κ2) is 3.94. The van der Waals surface area contributed by atoms with Gasteiger partial charge in [-0.3, -0.25) is 4.79 Å². The predicted octanol–water partition coefficient (Wildman–Crippen LogP) is 0.919. The Bertz CT molecular complexity index is 304. The molecule has 76 valence electrons.